The normalized spacial score (nSPS) is 28.5. The molecule has 2 heterocycles. The van der Waals surface area contributed by atoms with E-state index < -0.39 is 35.7 Å². The number of hydrogen-bond donors (Lipinski definition) is 1. The molecule has 9 heteroatoms. The number of nitrogens with zero attached hydrogens (tertiary/aromatic N) is 1. The van der Waals surface area contributed by atoms with Crippen molar-refractivity contribution in [2.45, 2.75) is 95.0 Å². The number of halogens is 5. The third-order valence-electron chi connectivity index (χ3n) is 8.91. The third kappa shape index (κ3) is 5.63. The highest BCUT2D eigenvalue weighted by molar-refractivity contribution is 5.89. The van der Waals surface area contributed by atoms with Crippen molar-refractivity contribution in [3.63, 3.8) is 0 Å². The lowest BCUT2D eigenvalue weighted by Crippen LogP contribution is -2.45. The summed E-state index contributed by atoms with van der Waals surface area (Å²) in [5.74, 6) is -4.82. The number of fused-ring (bicyclic) bond motifs is 3. The van der Waals surface area contributed by atoms with Crippen LogP contribution < -0.4 is 4.74 Å². The standard InChI is InChI=1S/C29H34F5NO3/c1-28(30,31)20-4-8-23(9-5-20)38-25-11-3-18-14-17(2-10-24(18)26(25)29(32,33)34)12-13-35-21-6-7-22(35)16-19(15-21)27(36)37/h2-3,10-11,14,19-23H,4-9,12-13,15-16H2,1H3,(H,36,37). The van der Waals surface area contributed by atoms with Gasteiger partial charge in [-0.3, -0.25) is 9.69 Å². The molecule has 3 fully saturated rings. The predicted molar refractivity (Wildman–Crippen MR) is 134 cm³/mol. The number of piperidine rings is 1. The molecule has 2 aromatic carbocycles. The van der Waals surface area contributed by atoms with Gasteiger partial charge >= 0.3 is 12.1 Å². The van der Waals surface area contributed by atoms with Gasteiger partial charge in [0.15, 0.2) is 0 Å². The van der Waals surface area contributed by atoms with E-state index >= 15 is 0 Å². The van der Waals surface area contributed by atoms with Crippen molar-refractivity contribution in [2.75, 3.05) is 6.54 Å². The van der Waals surface area contributed by atoms with Gasteiger partial charge in [-0.25, -0.2) is 8.78 Å². The van der Waals surface area contributed by atoms with Crippen LogP contribution in [0.15, 0.2) is 30.3 Å². The fourth-order valence-corrected chi connectivity index (χ4v) is 6.87. The van der Waals surface area contributed by atoms with Crippen molar-refractivity contribution in [1.29, 1.82) is 0 Å². The molecule has 1 saturated carbocycles. The average molecular weight is 540 g/mol. The predicted octanol–water partition coefficient (Wildman–Crippen LogP) is 7.32. The van der Waals surface area contributed by atoms with E-state index in [1.54, 1.807) is 18.2 Å². The summed E-state index contributed by atoms with van der Waals surface area (Å²) in [6, 6.07) is 8.51. The van der Waals surface area contributed by atoms with Crippen molar-refractivity contribution in [2.24, 2.45) is 11.8 Å². The lowest BCUT2D eigenvalue weighted by atomic mass is 9.83. The van der Waals surface area contributed by atoms with Gasteiger partial charge in [0.2, 0.25) is 5.92 Å². The maximum absolute atomic E-state index is 14.2. The summed E-state index contributed by atoms with van der Waals surface area (Å²) in [5.41, 5.74) is 0.108. The molecule has 0 amide bonds. The van der Waals surface area contributed by atoms with Crippen LogP contribution in [0.5, 0.6) is 5.75 Å². The van der Waals surface area contributed by atoms with Gasteiger partial charge in [0.25, 0.3) is 0 Å². The molecule has 208 valence electrons. The topological polar surface area (TPSA) is 49.8 Å². The summed E-state index contributed by atoms with van der Waals surface area (Å²) >= 11 is 0. The minimum atomic E-state index is -4.63. The van der Waals surface area contributed by atoms with Crippen LogP contribution in [-0.4, -0.2) is 46.6 Å². The van der Waals surface area contributed by atoms with E-state index in [9.17, 15) is 31.9 Å². The van der Waals surface area contributed by atoms with Crippen LogP contribution in [0.1, 0.15) is 69.4 Å². The summed E-state index contributed by atoms with van der Waals surface area (Å²) in [6.45, 7) is 1.64. The summed E-state index contributed by atoms with van der Waals surface area (Å²) in [5, 5.41) is 9.93. The third-order valence-corrected chi connectivity index (χ3v) is 8.91. The number of alkyl halides is 5. The highest BCUT2D eigenvalue weighted by Crippen LogP contribution is 2.44. The van der Waals surface area contributed by atoms with Gasteiger partial charge in [0, 0.05) is 24.5 Å². The van der Waals surface area contributed by atoms with Crippen molar-refractivity contribution >= 4 is 16.7 Å². The highest BCUT2D eigenvalue weighted by Gasteiger charge is 2.43. The Hall–Kier alpha value is -2.42. The first-order valence-electron chi connectivity index (χ1n) is 13.6. The first kappa shape index (κ1) is 27.2. The van der Waals surface area contributed by atoms with Gasteiger partial charge in [-0.2, -0.15) is 13.2 Å². The van der Waals surface area contributed by atoms with E-state index in [0.717, 1.165) is 31.9 Å². The number of carboxylic acid groups (broad SMARTS) is 1. The van der Waals surface area contributed by atoms with Crippen LogP contribution >= 0.6 is 0 Å². The van der Waals surface area contributed by atoms with Crippen molar-refractivity contribution in [3.05, 3.63) is 41.5 Å². The second-order valence-electron chi connectivity index (χ2n) is 11.4. The van der Waals surface area contributed by atoms with Gasteiger partial charge < -0.3 is 9.84 Å². The molecule has 2 unspecified atom stereocenters. The molecule has 3 aliphatic rings. The van der Waals surface area contributed by atoms with Gasteiger partial charge in [-0.15, -0.1) is 0 Å². The zero-order valence-corrected chi connectivity index (χ0v) is 21.4. The number of carboxylic acids is 1. The average Bonchev–Trinajstić information content (AvgIpc) is 3.07. The Morgan fingerprint density at radius 1 is 0.974 bits per heavy atom. The maximum Gasteiger partial charge on any atom is 0.420 e. The number of benzene rings is 2. The molecule has 38 heavy (non-hydrogen) atoms. The molecule has 2 atom stereocenters. The van der Waals surface area contributed by atoms with E-state index in [1.165, 1.54) is 12.1 Å². The van der Waals surface area contributed by atoms with Crippen LogP contribution in [0.3, 0.4) is 0 Å². The van der Waals surface area contributed by atoms with Crippen LogP contribution in [0, 0.1) is 11.8 Å². The lowest BCUT2D eigenvalue weighted by Gasteiger charge is -2.37. The van der Waals surface area contributed by atoms with E-state index in [4.69, 9.17) is 4.74 Å². The Kier molecular flexibility index (Phi) is 7.35. The Labute approximate surface area is 219 Å². The highest BCUT2D eigenvalue weighted by atomic mass is 19.4. The number of rotatable bonds is 7. The molecule has 2 bridgehead atoms. The molecular formula is C29H34F5NO3. The van der Waals surface area contributed by atoms with E-state index in [1.807, 2.05) is 0 Å². The summed E-state index contributed by atoms with van der Waals surface area (Å²) in [7, 11) is 0. The van der Waals surface area contributed by atoms with Crippen molar-refractivity contribution in [3.8, 4) is 5.75 Å². The zero-order chi connectivity index (χ0) is 27.2. The summed E-state index contributed by atoms with van der Waals surface area (Å²) < 4.78 is 75.6. The quantitative estimate of drug-likeness (QED) is 0.375. The van der Waals surface area contributed by atoms with Gasteiger partial charge in [0.05, 0.1) is 12.0 Å². The zero-order valence-electron chi connectivity index (χ0n) is 21.4. The molecule has 2 aromatic rings. The van der Waals surface area contributed by atoms with Crippen molar-refractivity contribution < 1.29 is 36.6 Å². The Balaban J connectivity index is 1.30. The molecule has 2 saturated heterocycles. The lowest BCUT2D eigenvalue weighted by molar-refractivity contribution is -0.144. The number of hydrogen-bond acceptors (Lipinski definition) is 3. The van der Waals surface area contributed by atoms with Crippen molar-refractivity contribution in [1.82, 2.24) is 4.90 Å². The van der Waals surface area contributed by atoms with Crippen LogP contribution in [0.4, 0.5) is 22.0 Å². The van der Waals surface area contributed by atoms with Gasteiger partial charge in [0.1, 0.15) is 11.3 Å². The first-order chi connectivity index (χ1) is 17.9. The molecule has 0 spiro atoms. The second-order valence-corrected chi connectivity index (χ2v) is 11.4. The van der Waals surface area contributed by atoms with E-state index in [-0.39, 0.29) is 42.0 Å². The molecule has 0 aromatic heterocycles. The smallest absolute Gasteiger partial charge is 0.420 e. The monoisotopic (exact) mass is 539 g/mol. The fraction of sp³-hybridized carbons (Fsp3) is 0.621. The van der Waals surface area contributed by atoms with Crippen LogP contribution in [-0.2, 0) is 17.4 Å². The van der Waals surface area contributed by atoms with Crippen LogP contribution in [0.25, 0.3) is 10.8 Å². The molecule has 2 aliphatic heterocycles. The Bertz CT molecular complexity index is 1160. The molecule has 0 radical (unpaired) electrons. The SMILES string of the molecule is CC(F)(F)C1CCC(Oc2ccc3cc(CCN4C5CCC4CC(C(=O)O)C5)ccc3c2C(F)(F)F)CC1. The molecule has 1 N–H and O–H groups in total. The second kappa shape index (κ2) is 10.3. The minimum Gasteiger partial charge on any atom is -0.490 e. The van der Waals surface area contributed by atoms with E-state index in [2.05, 4.69) is 4.90 Å². The van der Waals surface area contributed by atoms with E-state index in [0.29, 0.717) is 37.5 Å². The van der Waals surface area contributed by atoms with Gasteiger partial charge in [-0.1, -0.05) is 24.3 Å². The first-order valence-corrected chi connectivity index (χ1v) is 13.6. The maximum atomic E-state index is 14.2. The molecule has 1 aliphatic carbocycles. The summed E-state index contributed by atoms with van der Waals surface area (Å²) in [6.07, 6.45) is -0.130. The number of carbonyl (C=O) groups is 1. The summed E-state index contributed by atoms with van der Waals surface area (Å²) in [4.78, 5) is 13.8. The molecule has 5 rings (SSSR count). The minimum absolute atomic E-state index is 0.0647. The number of aliphatic carboxylic acids is 1. The largest absolute Gasteiger partial charge is 0.490 e. The van der Waals surface area contributed by atoms with Gasteiger partial charge in [-0.05, 0) is 87.1 Å². The molecular weight excluding hydrogens is 505 g/mol. The number of ether oxygens (including phenoxy) is 1. The Morgan fingerprint density at radius 2 is 1.63 bits per heavy atom. The Morgan fingerprint density at radius 3 is 2.21 bits per heavy atom. The fourth-order valence-electron chi connectivity index (χ4n) is 6.87. The molecule has 4 nitrogen and oxygen atoms in total. The van der Waals surface area contributed by atoms with Crippen LogP contribution in [0.2, 0.25) is 0 Å².